The summed E-state index contributed by atoms with van der Waals surface area (Å²) >= 11 is 5.84. The van der Waals surface area contributed by atoms with Gasteiger partial charge in [0, 0.05) is 17.1 Å². The molecule has 0 heterocycles. The van der Waals surface area contributed by atoms with Crippen LogP contribution in [0.1, 0.15) is 23.7 Å². The van der Waals surface area contributed by atoms with E-state index in [0.717, 1.165) is 6.42 Å². The van der Waals surface area contributed by atoms with E-state index in [1.807, 2.05) is 6.92 Å². The van der Waals surface area contributed by atoms with E-state index < -0.39 is 0 Å². The van der Waals surface area contributed by atoms with Gasteiger partial charge in [-0.05, 0) is 24.6 Å². The van der Waals surface area contributed by atoms with Crippen molar-refractivity contribution >= 4 is 23.3 Å². The van der Waals surface area contributed by atoms with E-state index in [1.54, 1.807) is 24.3 Å². The molecule has 5 nitrogen and oxygen atoms in total. The van der Waals surface area contributed by atoms with Crippen LogP contribution in [0.15, 0.2) is 29.4 Å². The second-order valence-electron chi connectivity index (χ2n) is 3.83. The first kappa shape index (κ1) is 14.3. The van der Waals surface area contributed by atoms with Crippen LogP contribution in [0, 0.1) is 0 Å². The Morgan fingerprint density at radius 2 is 2.28 bits per heavy atom. The van der Waals surface area contributed by atoms with Gasteiger partial charge in [0.05, 0.1) is 6.54 Å². The molecule has 98 valence electrons. The van der Waals surface area contributed by atoms with Crippen LogP contribution in [-0.4, -0.2) is 34.9 Å². The van der Waals surface area contributed by atoms with Crippen molar-refractivity contribution in [2.45, 2.75) is 13.3 Å². The number of hydrogen-bond acceptors (Lipinski definition) is 3. The zero-order chi connectivity index (χ0) is 13.5. The summed E-state index contributed by atoms with van der Waals surface area (Å²) in [5.41, 5.74) is 5.92. The maximum Gasteiger partial charge on any atom is 0.254 e. The Bertz CT molecular complexity index is 449. The monoisotopic (exact) mass is 269 g/mol. The van der Waals surface area contributed by atoms with Gasteiger partial charge in [0.1, 0.15) is 0 Å². The van der Waals surface area contributed by atoms with Crippen LogP contribution >= 0.6 is 11.6 Å². The minimum Gasteiger partial charge on any atom is -0.409 e. The van der Waals surface area contributed by atoms with Crippen molar-refractivity contribution in [3.05, 3.63) is 34.9 Å². The maximum atomic E-state index is 12.2. The topological polar surface area (TPSA) is 78.9 Å². The van der Waals surface area contributed by atoms with Crippen LogP contribution in [0.3, 0.4) is 0 Å². The first-order chi connectivity index (χ1) is 8.58. The first-order valence-corrected chi connectivity index (χ1v) is 5.97. The van der Waals surface area contributed by atoms with Gasteiger partial charge >= 0.3 is 0 Å². The summed E-state index contributed by atoms with van der Waals surface area (Å²) < 4.78 is 0. The molecular formula is C12H16ClN3O2. The lowest BCUT2D eigenvalue weighted by Crippen LogP contribution is -2.39. The average Bonchev–Trinajstić information content (AvgIpc) is 2.37. The van der Waals surface area contributed by atoms with Crippen LogP contribution in [-0.2, 0) is 0 Å². The second kappa shape index (κ2) is 6.86. The first-order valence-electron chi connectivity index (χ1n) is 5.59. The molecule has 0 atom stereocenters. The van der Waals surface area contributed by atoms with E-state index in [9.17, 15) is 4.79 Å². The zero-order valence-electron chi connectivity index (χ0n) is 10.1. The average molecular weight is 270 g/mol. The third kappa shape index (κ3) is 3.92. The smallest absolute Gasteiger partial charge is 0.254 e. The zero-order valence-corrected chi connectivity index (χ0v) is 10.9. The molecule has 0 aliphatic carbocycles. The molecule has 1 rings (SSSR count). The maximum absolute atomic E-state index is 12.2. The van der Waals surface area contributed by atoms with Crippen LogP contribution < -0.4 is 5.73 Å². The Morgan fingerprint density at radius 1 is 1.56 bits per heavy atom. The molecule has 0 aliphatic rings. The fourth-order valence-corrected chi connectivity index (χ4v) is 1.74. The summed E-state index contributed by atoms with van der Waals surface area (Å²) in [5.74, 6) is -0.190. The molecule has 0 unspecified atom stereocenters. The lowest BCUT2D eigenvalue weighted by molar-refractivity contribution is 0.0778. The third-order valence-corrected chi connectivity index (χ3v) is 2.57. The predicted octanol–water partition coefficient (Wildman–Crippen LogP) is 1.94. The quantitative estimate of drug-likeness (QED) is 0.371. The highest BCUT2D eigenvalue weighted by molar-refractivity contribution is 6.30. The van der Waals surface area contributed by atoms with Crippen LogP contribution in [0.2, 0.25) is 5.02 Å². The molecule has 18 heavy (non-hydrogen) atoms. The molecule has 0 aromatic heterocycles. The van der Waals surface area contributed by atoms with Crippen LogP contribution in [0.4, 0.5) is 0 Å². The van der Waals surface area contributed by atoms with Crippen LogP contribution in [0.25, 0.3) is 0 Å². The number of rotatable bonds is 5. The van der Waals surface area contributed by atoms with Crippen molar-refractivity contribution < 1.29 is 10.0 Å². The number of halogens is 1. The van der Waals surface area contributed by atoms with Gasteiger partial charge in [-0.25, -0.2) is 0 Å². The second-order valence-corrected chi connectivity index (χ2v) is 4.26. The van der Waals surface area contributed by atoms with Crippen molar-refractivity contribution in [1.82, 2.24) is 4.90 Å². The molecule has 0 saturated carbocycles. The fourth-order valence-electron chi connectivity index (χ4n) is 1.55. The molecule has 0 fully saturated rings. The molecular weight excluding hydrogens is 254 g/mol. The summed E-state index contributed by atoms with van der Waals surface area (Å²) in [4.78, 5) is 13.7. The summed E-state index contributed by atoms with van der Waals surface area (Å²) in [5, 5.41) is 11.9. The summed E-state index contributed by atoms with van der Waals surface area (Å²) in [6.45, 7) is 2.57. The molecule has 0 saturated heterocycles. The Hall–Kier alpha value is -1.75. The van der Waals surface area contributed by atoms with Gasteiger partial charge in [-0.1, -0.05) is 29.7 Å². The lowest BCUT2D eigenvalue weighted by atomic mass is 10.2. The Morgan fingerprint density at radius 3 is 2.83 bits per heavy atom. The Kier molecular flexibility index (Phi) is 5.45. The van der Waals surface area contributed by atoms with E-state index in [2.05, 4.69) is 5.16 Å². The largest absolute Gasteiger partial charge is 0.409 e. The van der Waals surface area contributed by atoms with Gasteiger partial charge in [0.2, 0.25) is 0 Å². The summed E-state index contributed by atoms with van der Waals surface area (Å²) in [6.07, 6.45) is 0.783. The number of benzene rings is 1. The van der Waals surface area contributed by atoms with Crippen molar-refractivity contribution in [2.75, 3.05) is 13.1 Å². The third-order valence-electron chi connectivity index (χ3n) is 2.33. The molecule has 0 aliphatic heterocycles. The van der Waals surface area contributed by atoms with Crippen LogP contribution in [0.5, 0.6) is 0 Å². The van der Waals surface area contributed by atoms with E-state index in [1.165, 1.54) is 4.90 Å². The number of nitrogens with zero attached hydrogens (tertiary/aromatic N) is 2. The van der Waals surface area contributed by atoms with Crippen molar-refractivity contribution in [1.29, 1.82) is 0 Å². The number of nitrogens with two attached hydrogens (primary N) is 1. The van der Waals surface area contributed by atoms with Gasteiger partial charge in [-0.3, -0.25) is 4.79 Å². The standard InChI is InChI=1S/C12H16ClN3O2/c1-2-6-16(8-11(14)15-18)12(17)9-4-3-5-10(13)7-9/h3-5,7,18H,2,6,8H2,1H3,(H2,14,15). The highest BCUT2D eigenvalue weighted by Crippen LogP contribution is 2.13. The minimum atomic E-state index is -0.189. The Labute approximate surface area is 111 Å². The summed E-state index contributed by atoms with van der Waals surface area (Å²) in [6, 6.07) is 6.69. The van der Waals surface area contributed by atoms with E-state index in [4.69, 9.17) is 22.5 Å². The van der Waals surface area contributed by atoms with Gasteiger partial charge < -0.3 is 15.8 Å². The molecule has 3 N–H and O–H groups in total. The van der Waals surface area contributed by atoms with E-state index in [0.29, 0.717) is 17.1 Å². The summed E-state index contributed by atoms with van der Waals surface area (Å²) in [7, 11) is 0. The molecule has 0 radical (unpaired) electrons. The number of amides is 1. The highest BCUT2D eigenvalue weighted by atomic mass is 35.5. The number of carbonyl (C=O) groups is 1. The number of oxime groups is 1. The van der Waals surface area contributed by atoms with E-state index >= 15 is 0 Å². The predicted molar refractivity (Wildman–Crippen MR) is 71.1 cm³/mol. The van der Waals surface area contributed by atoms with Crippen molar-refractivity contribution in [3.63, 3.8) is 0 Å². The number of carbonyl (C=O) groups excluding carboxylic acids is 1. The number of hydrogen-bond donors (Lipinski definition) is 2. The molecule has 0 spiro atoms. The number of amidine groups is 1. The Balaban J connectivity index is 2.88. The molecule has 1 aromatic rings. The fraction of sp³-hybridized carbons (Fsp3) is 0.333. The molecule has 1 amide bonds. The van der Waals surface area contributed by atoms with Gasteiger partial charge in [0.25, 0.3) is 5.91 Å². The minimum absolute atomic E-state index is 0.00109. The molecule has 6 heteroatoms. The van der Waals surface area contributed by atoms with Gasteiger partial charge in [-0.2, -0.15) is 0 Å². The normalized spacial score (nSPS) is 11.3. The van der Waals surface area contributed by atoms with E-state index in [-0.39, 0.29) is 18.3 Å². The van der Waals surface area contributed by atoms with Gasteiger partial charge in [0.15, 0.2) is 5.84 Å². The lowest BCUT2D eigenvalue weighted by Gasteiger charge is -2.21. The molecule has 0 bridgehead atoms. The van der Waals surface area contributed by atoms with Crippen molar-refractivity contribution in [3.8, 4) is 0 Å². The SMILES string of the molecule is CCCN(CC(N)=NO)C(=O)c1cccc(Cl)c1. The van der Waals surface area contributed by atoms with Gasteiger partial charge in [-0.15, -0.1) is 0 Å². The highest BCUT2D eigenvalue weighted by Gasteiger charge is 2.16. The van der Waals surface area contributed by atoms with Crippen molar-refractivity contribution in [2.24, 2.45) is 10.9 Å². The molecule has 1 aromatic carbocycles.